The van der Waals surface area contributed by atoms with E-state index in [0.717, 1.165) is 19.5 Å². The average molecular weight is 247 g/mol. The molecule has 1 unspecified atom stereocenters. The van der Waals surface area contributed by atoms with Crippen LogP contribution < -0.4 is 10.6 Å². The maximum atomic E-state index is 8.73. The Morgan fingerprint density at radius 1 is 1.44 bits per heavy atom. The van der Waals surface area contributed by atoms with Crippen molar-refractivity contribution in [1.82, 2.24) is 0 Å². The molecular formula is C14H21N3O. The highest BCUT2D eigenvalue weighted by molar-refractivity contribution is 5.82. The highest BCUT2D eigenvalue weighted by atomic mass is 16.4. The molecule has 1 atom stereocenters. The van der Waals surface area contributed by atoms with Gasteiger partial charge in [-0.25, -0.2) is 0 Å². The molecule has 1 aliphatic rings. The molecule has 98 valence electrons. The molecule has 0 bridgehead atoms. The molecule has 1 aromatic carbocycles. The van der Waals surface area contributed by atoms with Crippen LogP contribution in [0, 0.1) is 5.92 Å². The van der Waals surface area contributed by atoms with E-state index in [9.17, 15) is 0 Å². The number of amidine groups is 1. The largest absolute Gasteiger partial charge is 0.409 e. The van der Waals surface area contributed by atoms with Crippen LogP contribution in [0.1, 0.15) is 25.3 Å². The van der Waals surface area contributed by atoms with Crippen molar-refractivity contribution in [1.29, 1.82) is 0 Å². The van der Waals surface area contributed by atoms with Crippen LogP contribution in [0.3, 0.4) is 0 Å². The van der Waals surface area contributed by atoms with Crippen molar-refractivity contribution in [3.63, 3.8) is 0 Å². The van der Waals surface area contributed by atoms with E-state index in [1.54, 1.807) is 0 Å². The second-order valence-electron chi connectivity index (χ2n) is 4.96. The monoisotopic (exact) mass is 247 g/mol. The minimum absolute atomic E-state index is 0.0566. The fourth-order valence-corrected chi connectivity index (χ4v) is 2.48. The number of para-hydroxylation sites is 1. The first kappa shape index (κ1) is 12.7. The molecule has 0 aromatic heterocycles. The van der Waals surface area contributed by atoms with Crippen LogP contribution in [0.15, 0.2) is 29.4 Å². The number of oxime groups is 1. The lowest BCUT2D eigenvalue weighted by atomic mass is 10.1. The summed E-state index contributed by atoms with van der Waals surface area (Å²) in [5, 5.41) is 11.8. The molecule has 4 heteroatoms. The van der Waals surface area contributed by atoms with Crippen molar-refractivity contribution in [3.8, 4) is 0 Å². The zero-order valence-corrected chi connectivity index (χ0v) is 10.8. The van der Waals surface area contributed by atoms with Crippen LogP contribution in [-0.4, -0.2) is 24.1 Å². The number of benzene rings is 1. The fraction of sp³-hybridized carbons (Fsp3) is 0.500. The Bertz CT molecular complexity index is 431. The normalized spacial score (nSPS) is 18.1. The summed E-state index contributed by atoms with van der Waals surface area (Å²) in [4.78, 5) is 2.35. The van der Waals surface area contributed by atoms with Crippen LogP contribution in [-0.2, 0) is 6.42 Å². The van der Waals surface area contributed by atoms with E-state index in [4.69, 9.17) is 10.9 Å². The molecule has 1 aliphatic heterocycles. The molecule has 0 amide bonds. The van der Waals surface area contributed by atoms with Gasteiger partial charge >= 0.3 is 0 Å². The smallest absolute Gasteiger partial charge is 0.143 e. The maximum absolute atomic E-state index is 8.73. The molecule has 1 heterocycles. The van der Waals surface area contributed by atoms with Gasteiger partial charge in [0.2, 0.25) is 0 Å². The van der Waals surface area contributed by atoms with Crippen LogP contribution in [0.2, 0.25) is 0 Å². The van der Waals surface area contributed by atoms with E-state index in [1.807, 2.05) is 6.92 Å². The molecule has 0 saturated carbocycles. The topological polar surface area (TPSA) is 61.8 Å². The fourth-order valence-electron chi connectivity index (χ4n) is 2.48. The third-order valence-electron chi connectivity index (χ3n) is 3.57. The quantitative estimate of drug-likeness (QED) is 0.372. The number of nitrogens with zero attached hydrogens (tertiary/aromatic N) is 2. The Morgan fingerprint density at radius 2 is 2.22 bits per heavy atom. The summed E-state index contributed by atoms with van der Waals surface area (Å²) >= 11 is 0. The van der Waals surface area contributed by atoms with Crippen molar-refractivity contribution in [2.75, 3.05) is 18.0 Å². The third-order valence-corrected chi connectivity index (χ3v) is 3.57. The first-order chi connectivity index (χ1) is 8.72. The minimum atomic E-state index is 0.0566. The van der Waals surface area contributed by atoms with E-state index < -0.39 is 0 Å². The standard InChI is InChI=1S/C14H21N3O/c1-11(14(15)16-18)10-17-9-5-4-7-12-6-2-3-8-13(12)17/h2-3,6,8,11,18H,4-5,7,9-10H2,1H3,(H2,15,16). The second kappa shape index (κ2) is 5.76. The van der Waals surface area contributed by atoms with Crippen molar-refractivity contribution < 1.29 is 5.21 Å². The van der Waals surface area contributed by atoms with Crippen LogP contribution in [0.25, 0.3) is 0 Å². The van der Waals surface area contributed by atoms with Gasteiger partial charge in [0.15, 0.2) is 0 Å². The predicted octanol–water partition coefficient (Wildman–Crippen LogP) is 2.21. The predicted molar refractivity (Wildman–Crippen MR) is 74.2 cm³/mol. The Labute approximate surface area is 108 Å². The van der Waals surface area contributed by atoms with E-state index >= 15 is 0 Å². The van der Waals surface area contributed by atoms with Gasteiger partial charge in [0.1, 0.15) is 5.84 Å². The van der Waals surface area contributed by atoms with Gasteiger partial charge in [0.05, 0.1) is 0 Å². The summed E-state index contributed by atoms with van der Waals surface area (Å²) in [6.07, 6.45) is 3.56. The number of hydrogen-bond donors (Lipinski definition) is 2. The number of aryl methyl sites for hydroxylation is 1. The van der Waals surface area contributed by atoms with Crippen LogP contribution >= 0.6 is 0 Å². The van der Waals surface area contributed by atoms with Gasteiger partial charge in [-0.1, -0.05) is 30.3 Å². The Hall–Kier alpha value is -1.71. The third kappa shape index (κ3) is 2.75. The molecule has 0 spiro atoms. The Morgan fingerprint density at radius 3 is 3.00 bits per heavy atom. The van der Waals surface area contributed by atoms with Gasteiger partial charge in [-0.15, -0.1) is 0 Å². The zero-order valence-electron chi connectivity index (χ0n) is 10.8. The van der Waals surface area contributed by atoms with Gasteiger partial charge in [0.25, 0.3) is 0 Å². The number of rotatable bonds is 3. The molecular weight excluding hydrogens is 226 g/mol. The summed E-state index contributed by atoms with van der Waals surface area (Å²) < 4.78 is 0. The van der Waals surface area contributed by atoms with Gasteiger partial charge in [-0.05, 0) is 30.9 Å². The number of fused-ring (bicyclic) bond motifs is 1. The summed E-state index contributed by atoms with van der Waals surface area (Å²) in [5.41, 5.74) is 8.37. The van der Waals surface area contributed by atoms with Gasteiger partial charge < -0.3 is 15.8 Å². The number of nitrogens with two attached hydrogens (primary N) is 1. The molecule has 0 fully saturated rings. The van der Waals surface area contributed by atoms with Crippen molar-refractivity contribution in [2.24, 2.45) is 16.8 Å². The summed E-state index contributed by atoms with van der Waals surface area (Å²) in [6.45, 7) is 3.83. The molecule has 18 heavy (non-hydrogen) atoms. The van der Waals surface area contributed by atoms with Crippen LogP contribution in [0.5, 0.6) is 0 Å². The lowest BCUT2D eigenvalue weighted by Crippen LogP contribution is -2.35. The molecule has 0 aliphatic carbocycles. The van der Waals surface area contributed by atoms with Crippen molar-refractivity contribution >= 4 is 11.5 Å². The zero-order chi connectivity index (χ0) is 13.0. The van der Waals surface area contributed by atoms with Gasteiger partial charge in [0, 0.05) is 24.7 Å². The Balaban J connectivity index is 2.18. The van der Waals surface area contributed by atoms with E-state index in [0.29, 0.717) is 5.84 Å². The number of hydrogen-bond acceptors (Lipinski definition) is 3. The molecule has 2 rings (SSSR count). The average Bonchev–Trinajstić information content (AvgIpc) is 2.60. The molecule has 1 aromatic rings. The minimum Gasteiger partial charge on any atom is -0.409 e. The molecule has 0 saturated heterocycles. The van der Waals surface area contributed by atoms with Gasteiger partial charge in [-0.2, -0.15) is 0 Å². The van der Waals surface area contributed by atoms with Crippen LogP contribution in [0.4, 0.5) is 5.69 Å². The first-order valence-corrected chi connectivity index (χ1v) is 6.52. The molecule has 4 nitrogen and oxygen atoms in total. The van der Waals surface area contributed by atoms with Crippen molar-refractivity contribution in [2.45, 2.75) is 26.2 Å². The van der Waals surface area contributed by atoms with E-state index in [-0.39, 0.29) is 5.92 Å². The highest BCUT2D eigenvalue weighted by Gasteiger charge is 2.18. The lowest BCUT2D eigenvalue weighted by molar-refractivity contribution is 0.314. The Kier molecular flexibility index (Phi) is 4.07. The summed E-state index contributed by atoms with van der Waals surface area (Å²) in [5.74, 6) is 0.359. The van der Waals surface area contributed by atoms with E-state index in [1.165, 1.54) is 24.1 Å². The first-order valence-electron chi connectivity index (χ1n) is 6.52. The maximum Gasteiger partial charge on any atom is 0.143 e. The molecule has 3 N–H and O–H groups in total. The second-order valence-corrected chi connectivity index (χ2v) is 4.96. The summed E-state index contributed by atoms with van der Waals surface area (Å²) in [6, 6.07) is 8.53. The summed E-state index contributed by atoms with van der Waals surface area (Å²) in [7, 11) is 0. The van der Waals surface area contributed by atoms with E-state index in [2.05, 4.69) is 34.3 Å². The highest BCUT2D eigenvalue weighted by Crippen LogP contribution is 2.26. The number of anilines is 1. The SMILES string of the molecule is CC(CN1CCCCc2ccccc21)C(N)=NO. The van der Waals surface area contributed by atoms with Crippen molar-refractivity contribution in [3.05, 3.63) is 29.8 Å². The molecule has 0 radical (unpaired) electrons. The van der Waals surface area contributed by atoms with Gasteiger partial charge in [-0.3, -0.25) is 0 Å². The lowest BCUT2D eigenvalue weighted by Gasteiger charge is -2.27.